The number of amides is 2. The SMILES string of the molecule is CC(=O)NCCN(C(=O)c1ccc(C(F)(F)F)nc1C)C(C)C(=O)O. The highest BCUT2D eigenvalue weighted by atomic mass is 19.4. The Morgan fingerprint density at radius 1 is 1.32 bits per heavy atom. The Morgan fingerprint density at radius 2 is 1.92 bits per heavy atom. The van der Waals surface area contributed by atoms with Gasteiger partial charge in [-0.15, -0.1) is 0 Å². The van der Waals surface area contributed by atoms with E-state index in [4.69, 9.17) is 5.11 Å². The summed E-state index contributed by atoms with van der Waals surface area (Å²) in [6.45, 7) is 3.65. The standard InChI is InChI=1S/C15H18F3N3O4/c1-8-11(4-5-12(20-8)15(16,17)18)13(23)21(9(2)14(24)25)7-6-19-10(3)22/h4-5,9H,6-7H2,1-3H3,(H,19,22)(H,24,25). The molecule has 1 atom stereocenters. The molecule has 0 saturated carbocycles. The van der Waals surface area contributed by atoms with Crippen molar-refractivity contribution < 1.29 is 32.7 Å². The molecule has 1 aromatic rings. The van der Waals surface area contributed by atoms with Crippen molar-refractivity contribution in [2.24, 2.45) is 0 Å². The van der Waals surface area contributed by atoms with Gasteiger partial charge in [-0.2, -0.15) is 13.2 Å². The highest BCUT2D eigenvalue weighted by Gasteiger charge is 2.34. The third-order valence-corrected chi connectivity index (χ3v) is 3.42. The minimum Gasteiger partial charge on any atom is -0.480 e. The van der Waals surface area contributed by atoms with E-state index < -0.39 is 29.8 Å². The Morgan fingerprint density at radius 3 is 2.36 bits per heavy atom. The van der Waals surface area contributed by atoms with Crippen LogP contribution < -0.4 is 5.32 Å². The first-order valence-corrected chi connectivity index (χ1v) is 7.28. The van der Waals surface area contributed by atoms with Gasteiger partial charge in [-0.05, 0) is 26.0 Å². The number of nitrogens with zero attached hydrogens (tertiary/aromatic N) is 2. The van der Waals surface area contributed by atoms with Gasteiger partial charge in [-0.25, -0.2) is 9.78 Å². The van der Waals surface area contributed by atoms with Gasteiger partial charge in [0.15, 0.2) is 0 Å². The predicted octanol–water partition coefficient (Wildman–Crippen LogP) is 1.46. The number of hydrogen-bond donors (Lipinski definition) is 2. The quantitative estimate of drug-likeness (QED) is 0.799. The second-order valence-electron chi connectivity index (χ2n) is 5.32. The van der Waals surface area contributed by atoms with Crippen LogP contribution in [0.4, 0.5) is 13.2 Å². The summed E-state index contributed by atoms with van der Waals surface area (Å²) in [5, 5.41) is 11.6. The van der Waals surface area contributed by atoms with Gasteiger partial charge in [0.1, 0.15) is 11.7 Å². The van der Waals surface area contributed by atoms with Crippen molar-refractivity contribution in [3.05, 3.63) is 29.1 Å². The van der Waals surface area contributed by atoms with Gasteiger partial charge in [0, 0.05) is 20.0 Å². The van der Waals surface area contributed by atoms with E-state index in [1.54, 1.807) is 0 Å². The Balaban J connectivity index is 3.11. The van der Waals surface area contributed by atoms with Gasteiger partial charge in [0.25, 0.3) is 5.91 Å². The zero-order valence-corrected chi connectivity index (χ0v) is 13.8. The van der Waals surface area contributed by atoms with Gasteiger partial charge >= 0.3 is 12.1 Å². The molecule has 0 radical (unpaired) electrons. The number of carboxylic acid groups (broad SMARTS) is 1. The van der Waals surface area contributed by atoms with Crippen molar-refractivity contribution in [3.63, 3.8) is 0 Å². The molecule has 1 unspecified atom stereocenters. The second-order valence-corrected chi connectivity index (χ2v) is 5.32. The fourth-order valence-electron chi connectivity index (χ4n) is 2.06. The monoisotopic (exact) mass is 361 g/mol. The van der Waals surface area contributed by atoms with E-state index in [0.29, 0.717) is 6.07 Å². The van der Waals surface area contributed by atoms with E-state index >= 15 is 0 Å². The van der Waals surface area contributed by atoms with E-state index in [1.165, 1.54) is 20.8 Å². The lowest BCUT2D eigenvalue weighted by molar-refractivity contribution is -0.142. The smallest absolute Gasteiger partial charge is 0.433 e. The molecule has 10 heteroatoms. The normalized spacial score (nSPS) is 12.4. The van der Waals surface area contributed by atoms with Crippen LogP contribution in [0.5, 0.6) is 0 Å². The first-order chi connectivity index (χ1) is 11.4. The van der Waals surface area contributed by atoms with E-state index in [9.17, 15) is 27.6 Å². The molecule has 0 bridgehead atoms. The first-order valence-electron chi connectivity index (χ1n) is 7.28. The minimum atomic E-state index is -4.65. The second kappa shape index (κ2) is 7.95. The maximum absolute atomic E-state index is 12.7. The van der Waals surface area contributed by atoms with Crippen LogP contribution in [0.3, 0.4) is 0 Å². The number of nitrogens with one attached hydrogen (secondary N) is 1. The molecule has 1 heterocycles. The lowest BCUT2D eigenvalue weighted by atomic mass is 10.1. The molecule has 1 aromatic heterocycles. The number of aliphatic carboxylic acids is 1. The average Bonchev–Trinajstić information content (AvgIpc) is 2.49. The van der Waals surface area contributed by atoms with Crippen molar-refractivity contribution in [1.82, 2.24) is 15.2 Å². The van der Waals surface area contributed by atoms with Crippen LogP contribution in [-0.4, -0.2) is 51.9 Å². The third-order valence-electron chi connectivity index (χ3n) is 3.42. The molecule has 1 rings (SSSR count). The maximum atomic E-state index is 12.7. The fourth-order valence-corrected chi connectivity index (χ4v) is 2.06. The number of pyridine rings is 1. The lowest BCUT2D eigenvalue weighted by Gasteiger charge is -2.27. The van der Waals surface area contributed by atoms with Gasteiger partial charge in [0.05, 0.1) is 11.3 Å². The molecule has 0 aromatic carbocycles. The van der Waals surface area contributed by atoms with Crippen LogP contribution in [0.15, 0.2) is 12.1 Å². The molecule has 138 valence electrons. The molecular weight excluding hydrogens is 343 g/mol. The largest absolute Gasteiger partial charge is 0.480 e. The van der Waals surface area contributed by atoms with Crippen molar-refractivity contribution in [2.45, 2.75) is 33.0 Å². The highest BCUT2D eigenvalue weighted by Crippen LogP contribution is 2.28. The first kappa shape index (κ1) is 20.4. The summed E-state index contributed by atoms with van der Waals surface area (Å²) >= 11 is 0. The van der Waals surface area contributed by atoms with Gasteiger partial charge in [0.2, 0.25) is 5.91 Å². The van der Waals surface area contributed by atoms with Crippen LogP contribution in [-0.2, 0) is 15.8 Å². The molecule has 0 aliphatic carbocycles. The van der Waals surface area contributed by atoms with Crippen LogP contribution in [0.1, 0.15) is 35.6 Å². The topological polar surface area (TPSA) is 99.6 Å². The summed E-state index contributed by atoms with van der Waals surface area (Å²) < 4.78 is 38.0. The zero-order chi connectivity index (χ0) is 19.4. The summed E-state index contributed by atoms with van der Waals surface area (Å²) in [4.78, 5) is 39.0. The Kier molecular flexibility index (Phi) is 6.49. The van der Waals surface area contributed by atoms with Crippen molar-refractivity contribution in [1.29, 1.82) is 0 Å². The summed E-state index contributed by atoms with van der Waals surface area (Å²) in [7, 11) is 0. The Hall–Kier alpha value is -2.65. The van der Waals surface area contributed by atoms with E-state index in [0.717, 1.165) is 11.0 Å². The molecule has 0 aliphatic rings. The molecule has 2 N–H and O–H groups in total. The van der Waals surface area contributed by atoms with E-state index in [-0.39, 0.29) is 30.3 Å². The number of hydrogen-bond acceptors (Lipinski definition) is 4. The highest BCUT2D eigenvalue weighted by molar-refractivity contribution is 5.97. The Bertz CT molecular complexity index is 676. The zero-order valence-electron chi connectivity index (χ0n) is 13.8. The van der Waals surface area contributed by atoms with Crippen LogP contribution in [0.25, 0.3) is 0 Å². The lowest BCUT2D eigenvalue weighted by Crippen LogP contribution is -2.47. The molecule has 0 saturated heterocycles. The number of alkyl halides is 3. The number of aryl methyl sites for hydroxylation is 1. The number of carbonyl (C=O) groups is 3. The number of aromatic nitrogens is 1. The maximum Gasteiger partial charge on any atom is 0.433 e. The van der Waals surface area contributed by atoms with Crippen molar-refractivity contribution in [2.75, 3.05) is 13.1 Å². The van der Waals surface area contributed by atoms with Crippen molar-refractivity contribution in [3.8, 4) is 0 Å². The summed E-state index contributed by atoms with van der Waals surface area (Å²) in [5.41, 5.74) is -1.44. The molecule has 0 spiro atoms. The van der Waals surface area contributed by atoms with E-state index in [2.05, 4.69) is 10.3 Å². The minimum absolute atomic E-state index is 0.00576. The van der Waals surface area contributed by atoms with Gasteiger partial charge in [-0.1, -0.05) is 0 Å². The summed E-state index contributed by atoms with van der Waals surface area (Å²) in [6.07, 6.45) is -4.65. The van der Waals surface area contributed by atoms with E-state index in [1.807, 2.05) is 0 Å². The third kappa shape index (κ3) is 5.44. The molecule has 0 fully saturated rings. The number of carboxylic acids is 1. The molecule has 7 nitrogen and oxygen atoms in total. The number of rotatable bonds is 6. The summed E-state index contributed by atoms with van der Waals surface area (Å²) in [5.74, 6) is -2.42. The number of halogens is 3. The van der Waals surface area contributed by atoms with Crippen LogP contribution in [0.2, 0.25) is 0 Å². The Labute approximate surface area is 141 Å². The van der Waals surface area contributed by atoms with Crippen LogP contribution >= 0.6 is 0 Å². The van der Waals surface area contributed by atoms with Crippen molar-refractivity contribution >= 4 is 17.8 Å². The predicted molar refractivity (Wildman–Crippen MR) is 80.8 cm³/mol. The van der Waals surface area contributed by atoms with Gasteiger partial charge in [-0.3, -0.25) is 9.59 Å². The number of carbonyl (C=O) groups excluding carboxylic acids is 2. The molecule has 0 aliphatic heterocycles. The fraction of sp³-hybridized carbons (Fsp3) is 0.467. The molecule has 2 amide bonds. The summed E-state index contributed by atoms with van der Waals surface area (Å²) in [6, 6.07) is 0.397. The van der Waals surface area contributed by atoms with Crippen LogP contribution in [0, 0.1) is 6.92 Å². The molecule has 25 heavy (non-hydrogen) atoms. The molecular formula is C15H18F3N3O4. The average molecular weight is 361 g/mol. The van der Waals surface area contributed by atoms with Gasteiger partial charge < -0.3 is 15.3 Å².